The van der Waals surface area contributed by atoms with Crippen LogP contribution in [0.15, 0.2) is 12.3 Å². The van der Waals surface area contributed by atoms with Gasteiger partial charge in [-0.2, -0.15) is 0 Å². The number of hydrogen-bond acceptors (Lipinski definition) is 5. The van der Waals surface area contributed by atoms with Crippen LogP contribution in [0.1, 0.15) is 16.1 Å². The molecule has 16 heavy (non-hydrogen) atoms. The predicted molar refractivity (Wildman–Crippen MR) is 62.2 cm³/mol. The van der Waals surface area contributed by atoms with Crippen molar-refractivity contribution in [3.05, 3.63) is 23.5 Å². The van der Waals surface area contributed by atoms with Crippen LogP contribution in [0.2, 0.25) is 0 Å². The first-order valence-corrected chi connectivity index (χ1v) is 5.04. The van der Waals surface area contributed by atoms with Gasteiger partial charge in [0.2, 0.25) is 0 Å². The molecule has 1 aromatic heterocycles. The minimum Gasteiger partial charge on any atom is -0.461 e. The SMILES string of the molecule is Cc1ncc(N)cc1C(=O)OCCN(C)C. The van der Waals surface area contributed by atoms with Crippen molar-refractivity contribution in [3.8, 4) is 0 Å². The van der Waals surface area contributed by atoms with Crippen molar-refractivity contribution in [1.82, 2.24) is 9.88 Å². The van der Waals surface area contributed by atoms with Crippen LogP contribution >= 0.6 is 0 Å². The summed E-state index contributed by atoms with van der Waals surface area (Å²) in [6.07, 6.45) is 1.52. The van der Waals surface area contributed by atoms with E-state index in [0.29, 0.717) is 30.1 Å². The first-order valence-electron chi connectivity index (χ1n) is 5.04. The van der Waals surface area contributed by atoms with Crippen LogP contribution in [-0.2, 0) is 4.74 Å². The highest BCUT2D eigenvalue weighted by molar-refractivity contribution is 5.91. The molecule has 1 heterocycles. The van der Waals surface area contributed by atoms with Gasteiger partial charge < -0.3 is 15.4 Å². The molecule has 0 aliphatic rings. The van der Waals surface area contributed by atoms with E-state index in [0.717, 1.165) is 0 Å². The van der Waals surface area contributed by atoms with Gasteiger partial charge in [0.1, 0.15) is 6.61 Å². The fraction of sp³-hybridized carbons (Fsp3) is 0.455. The van der Waals surface area contributed by atoms with Crippen molar-refractivity contribution in [3.63, 3.8) is 0 Å². The zero-order valence-corrected chi connectivity index (χ0v) is 9.86. The number of nitrogens with zero attached hydrogens (tertiary/aromatic N) is 2. The summed E-state index contributed by atoms with van der Waals surface area (Å²) in [5, 5.41) is 0. The maximum absolute atomic E-state index is 11.7. The number of esters is 1. The molecule has 0 aromatic carbocycles. The first kappa shape index (κ1) is 12.4. The number of carbonyl (C=O) groups is 1. The third-order valence-electron chi connectivity index (χ3n) is 2.10. The number of nitrogen functional groups attached to an aromatic ring is 1. The number of rotatable bonds is 4. The zero-order valence-electron chi connectivity index (χ0n) is 9.86. The molecule has 1 aromatic rings. The highest BCUT2D eigenvalue weighted by Gasteiger charge is 2.11. The number of hydrogen-bond donors (Lipinski definition) is 1. The Morgan fingerprint density at radius 1 is 1.56 bits per heavy atom. The predicted octanol–water partition coefficient (Wildman–Crippen LogP) is 0.691. The highest BCUT2D eigenvalue weighted by Crippen LogP contribution is 2.10. The van der Waals surface area contributed by atoms with Crippen molar-refractivity contribution >= 4 is 11.7 Å². The van der Waals surface area contributed by atoms with Crippen LogP contribution in [0, 0.1) is 6.92 Å². The van der Waals surface area contributed by atoms with Gasteiger partial charge in [-0.05, 0) is 27.1 Å². The molecule has 0 aliphatic carbocycles. The number of pyridine rings is 1. The summed E-state index contributed by atoms with van der Waals surface area (Å²) in [6.45, 7) is 2.81. The van der Waals surface area contributed by atoms with E-state index in [9.17, 15) is 4.79 Å². The van der Waals surface area contributed by atoms with Gasteiger partial charge in [-0.15, -0.1) is 0 Å². The van der Waals surface area contributed by atoms with E-state index in [1.54, 1.807) is 13.0 Å². The highest BCUT2D eigenvalue weighted by atomic mass is 16.5. The lowest BCUT2D eigenvalue weighted by molar-refractivity contribution is 0.0480. The lowest BCUT2D eigenvalue weighted by atomic mass is 10.2. The smallest absolute Gasteiger partial charge is 0.340 e. The largest absolute Gasteiger partial charge is 0.461 e. The molecular formula is C11H17N3O2. The van der Waals surface area contributed by atoms with E-state index in [-0.39, 0.29) is 5.97 Å². The summed E-state index contributed by atoms with van der Waals surface area (Å²) in [5.74, 6) is -0.376. The van der Waals surface area contributed by atoms with Crippen LogP contribution in [0.25, 0.3) is 0 Å². The average Bonchev–Trinajstić information content (AvgIpc) is 2.21. The third kappa shape index (κ3) is 3.51. The minimum absolute atomic E-state index is 0.361. The molecule has 0 saturated heterocycles. The molecule has 0 radical (unpaired) electrons. The van der Waals surface area contributed by atoms with E-state index in [4.69, 9.17) is 10.5 Å². The van der Waals surface area contributed by atoms with Crippen molar-refractivity contribution in [2.75, 3.05) is 33.0 Å². The molecular weight excluding hydrogens is 206 g/mol. The number of likely N-dealkylation sites (N-methyl/N-ethyl adjacent to an activating group) is 1. The Labute approximate surface area is 95.2 Å². The Kier molecular flexibility index (Phi) is 4.25. The van der Waals surface area contributed by atoms with Crippen LogP contribution < -0.4 is 5.73 Å². The van der Waals surface area contributed by atoms with Gasteiger partial charge in [-0.1, -0.05) is 0 Å². The molecule has 0 fully saturated rings. The number of aryl methyl sites for hydroxylation is 1. The summed E-state index contributed by atoms with van der Waals surface area (Å²) < 4.78 is 5.10. The van der Waals surface area contributed by atoms with Gasteiger partial charge in [0.15, 0.2) is 0 Å². The molecule has 5 nitrogen and oxygen atoms in total. The Bertz CT molecular complexity index is 377. The van der Waals surface area contributed by atoms with Crippen LogP contribution in [-0.4, -0.2) is 43.1 Å². The molecule has 0 aliphatic heterocycles. The zero-order chi connectivity index (χ0) is 12.1. The number of aromatic nitrogens is 1. The van der Waals surface area contributed by atoms with Crippen molar-refractivity contribution in [1.29, 1.82) is 0 Å². The van der Waals surface area contributed by atoms with Gasteiger partial charge in [0.25, 0.3) is 0 Å². The number of anilines is 1. The summed E-state index contributed by atoms with van der Waals surface area (Å²) in [4.78, 5) is 17.6. The normalized spacial score (nSPS) is 10.5. The Morgan fingerprint density at radius 2 is 2.25 bits per heavy atom. The van der Waals surface area contributed by atoms with Gasteiger partial charge in [-0.25, -0.2) is 4.79 Å². The van der Waals surface area contributed by atoms with E-state index in [1.807, 2.05) is 19.0 Å². The molecule has 1 rings (SSSR count). The second kappa shape index (κ2) is 5.46. The second-order valence-electron chi connectivity index (χ2n) is 3.84. The van der Waals surface area contributed by atoms with Gasteiger partial charge in [0, 0.05) is 6.54 Å². The fourth-order valence-corrected chi connectivity index (χ4v) is 1.15. The molecule has 5 heteroatoms. The number of nitrogens with two attached hydrogens (primary N) is 1. The van der Waals surface area contributed by atoms with Gasteiger partial charge in [-0.3, -0.25) is 4.98 Å². The first-order chi connectivity index (χ1) is 7.50. The van der Waals surface area contributed by atoms with Crippen LogP contribution in [0.4, 0.5) is 5.69 Å². The quantitative estimate of drug-likeness (QED) is 0.761. The van der Waals surface area contributed by atoms with Crippen molar-refractivity contribution in [2.24, 2.45) is 0 Å². The maximum Gasteiger partial charge on any atom is 0.340 e. The topological polar surface area (TPSA) is 68.4 Å². The summed E-state index contributed by atoms with van der Waals surface area (Å²) in [7, 11) is 3.84. The van der Waals surface area contributed by atoms with Crippen molar-refractivity contribution < 1.29 is 9.53 Å². The molecule has 0 atom stereocenters. The standard InChI is InChI=1S/C11H17N3O2/c1-8-10(6-9(12)7-13-8)11(15)16-5-4-14(2)3/h6-7H,4-5,12H2,1-3H3. The molecule has 0 saturated carbocycles. The van der Waals surface area contributed by atoms with Crippen LogP contribution in [0.5, 0.6) is 0 Å². The second-order valence-corrected chi connectivity index (χ2v) is 3.84. The van der Waals surface area contributed by atoms with E-state index in [2.05, 4.69) is 4.98 Å². The molecule has 0 amide bonds. The van der Waals surface area contributed by atoms with Gasteiger partial charge in [0.05, 0.1) is 23.1 Å². The number of ether oxygens (including phenoxy) is 1. The summed E-state index contributed by atoms with van der Waals surface area (Å²) in [5.41, 5.74) is 7.08. The molecule has 2 N–H and O–H groups in total. The molecule has 0 spiro atoms. The maximum atomic E-state index is 11.7. The van der Waals surface area contributed by atoms with Crippen molar-refractivity contribution in [2.45, 2.75) is 6.92 Å². The van der Waals surface area contributed by atoms with E-state index in [1.165, 1.54) is 6.20 Å². The monoisotopic (exact) mass is 223 g/mol. The fourth-order valence-electron chi connectivity index (χ4n) is 1.15. The summed E-state index contributed by atoms with van der Waals surface area (Å²) in [6, 6.07) is 1.58. The van der Waals surface area contributed by atoms with Gasteiger partial charge >= 0.3 is 5.97 Å². The van der Waals surface area contributed by atoms with E-state index >= 15 is 0 Å². The van der Waals surface area contributed by atoms with Crippen LogP contribution in [0.3, 0.4) is 0 Å². The molecule has 0 bridgehead atoms. The molecule has 88 valence electrons. The third-order valence-corrected chi connectivity index (χ3v) is 2.10. The average molecular weight is 223 g/mol. The lowest BCUT2D eigenvalue weighted by Gasteiger charge is -2.10. The number of carbonyl (C=O) groups excluding carboxylic acids is 1. The van der Waals surface area contributed by atoms with E-state index < -0.39 is 0 Å². The summed E-state index contributed by atoms with van der Waals surface area (Å²) >= 11 is 0. The molecule has 0 unspecified atom stereocenters. The lowest BCUT2D eigenvalue weighted by Crippen LogP contribution is -2.20. The Balaban J connectivity index is 2.62. The Morgan fingerprint density at radius 3 is 2.88 bits per heavy atom. The Hall–Kier alpha value is -1.62. The minimum atomic E-state index is -0.376.